The molecule has 0 aliphatic heterocycles. The molecular weight excluding hydrogens is 360 g/mol. The number of fused-ring (bicyclic) bond motifs is 1. The Kier molecular flexibility index (Phi) is 5.29. The predicted molar refractivity (Wildman–Crippen MR) is 119 cm³/mol. The number of para-hydroxylation sites is 2. The van der Waals surface area contributed by atoms with Gasteiger partial charge in [-0.25, -0.2) is 9.78 Å². The lowest BCUT2D eigenvalue weighted by atomic mass is 10.1. The van der Waals surface area contributed by atoms with Gasteiger partial charge in [-0.05, 0) is 67.3 Å². The average Bonchev–Trinajstić information content (AvgIpc) is 3.13. The molecule has 0 spiro atoms. The van der Waals surface area contributed by atoms with Gasteiger partial charge in [-0.3, -0.25) is 0 Å². The van der Waals surface area contributed by atoms with Crippen LogP contribution in [0, 0.1) is 13.8 Å². The van der Waals surface area contributed by atoms with Gasteiger partial charge >= 0.3 is 6.03 Å². The van der Waals surface area contributed by atoms with Crippen molar-refractivity contribution in [2.75, 3.05) is 10.6 Å². The molecule has 29 heavy (non-hydrogen) atoms. The van der Waals surface area contributed by atoms with Crippen molar-refractivity contribution in [1.82, 2.24) is 9.97 Å². The van der Waals surface area contributed by atoms with Crippen LogP contribution in [0.25, 0.3) is 11.0 Å². The van der Waals surface area contributed by atoms with Crippen LogP contribution in [0.2, 0.25) is 0 Å². The second-order valence-electron chi connectivity index (χ2n) is 7.23. The molecule has 0 aliphatic carbocycles. The Balaban J connectivity index is 1.39. The van der Waals surface area contributed by atoms with Crippen LogP contribution in [0.3, 0.4) is 0 Å². The standard InChI is InChI=1S/C24H24N4O/c1-16-7-5-12-20(17(16)2)28-24(29)25-19-9-6-8-18(15-19)13-14-23-26-21-10-3-4-11-22(21)27-23/h3-12,15H,13-14H2,1-2H3,(H,26,27)(H2,25,28,29). The summed E-state index contributed by atoms with van der Waals surface area (Å²) in [7, 11) is 0. The lowest BCUT2D eigenvalue weighted by Crippen LogP contribution is -2.20. The summed E-state index contributed by atoms with van der Waals surface area (Å²) in [6, 6.07) is 21.6. The number of rotatable bonds is 5. The number of nitrogens with one attached hydrogen (secondary N) is 3. The lowest BCUT2D eigenvalue weighted by molar-refractivity contribution is 0.262. The molecule has 2 amide bonds. The average molecular weight is 384 g/mol. The van der Waals surface area contributed by atoms with Gasteiger partial charge in [0.1, 0.15) is 5.82 Å². The summed E-state index contributed by atoms with van der Waals surface area (Å²) < 4.78 is 0. The zero-order valence-electron chi connectivity index (χ0n) is 16.6. The first kappa shape index (κ1) is 18.7. The molecule has 4 rings (SSSR count). The summed E-state index contributed by atoms with van der Waals surface area (Å²) in [6.45, 7) is 4.04. The van der Waals surface area contributed by atoms with E-state index in [1.807, 2.05) is 74.5 Å². The van der Waals surface area contributed by atoms with Crippen molar-refractivity contribution in [3.63, 3.8) is 0 Å². The van der Waals surface area contributed by atoms with Crippen LogP contribution in [-0.2, 0) is 12.8 Å². The molecule has 3 aromatic carbocycles. The highest BCUT2D eigenvalue weighted by atomic mass is 16.2. The molecule has 0 atom stereocenters. The van der Waals surface area contributed by atoms with Crippen molar-refractivity contribution < 1.29 is 4.79 Å². The van der Waals surface area contributed by atoms with Gasteiger partial charge in [0.05, 0.1) is 11.0 Å². The van der Waals surface area contributed by atoms with E-state index in [9.17, 15) is 4.79 Å². The molecule has 0 unspecified atom stereocenters. The Morgan fingerprint density at radius 1 is 0.931 bits per heavy atom. The molecule has 146 valence electrons. The third kappa shape index (κ3) is 4.46. The van der Waals surface area contributed by atoms with E-state index in [0.29, 0.717) is 0 Å². The van der Waals surface area contributed by atoms with E-state index in [4.69, 9.17) is 0 Å². The number of aromatic amines is 1. The fourth-order valence-electron chi connectivity index (χ4n) is 3.36. The molecule has 3 N–H and O–H groups in total. The summed E-state index contributed by atoms with van der Waals surface area (Å²) in [6.07, 6.45) is 1.65. The molecule has 5 heteroatoms. The van der Waals surface area contributed by atoms with Gasteiger partial charge in [-0.1, -0.05) is 36.4 Å². The van der Waals surface area contributed by atoms with Crippen LogP contribution in [0.4, 0.5) is 16.2 Å². The van der Waals surface area contributed by atoms with Gasteiger partial charge in [0.15, 0.2) is 0 Å². The van der Waals surface area contributed by atoms with Gasteiger partial charge in [0.25, 0.3) is 0 Å². The number of imidazole rings is 1. The highest BCUT2D eigenvalue weighted by molar-refractivity contribution is 6.00. The number of hydrogen-bond donors (Lipinski definition) is 3. The maximum absolute atomic E-state index is 12.4. The first-order chi connectivity index (χ1) is 14.1. The van der Waals surface area contributed by atoms with Gasteiger partial charge in [0, 0.05) is 17.8 Å². The number of amides is 2. The van der Waals surface area contributed by atoms with Crippen molar-refractivity contribution in [2.24, 2.45) is 0 Å². The molecule has 0 saturated heterocycles. The van der Waals surface area contributed by atoms with E-state index >= 15 is 0 Å². The zero-order chi connectivity index (χ0) is 20.2. The van der Waals surface area contributed by atoms with Crippen LogP contribution in [0.15, 0.2) is 66.7 Å². The molecular formula is C24H24N4O. The summed E-state index contributed by atoms with van der Waals surface area (Å²) in [5.41, 5.74) is 7.01. The van der Waals surface area contributed by atoms with Gasteiger partial charge in [-0.2, -0.15) is 0 Å². The first-order valence-corrected chi connectivity index (χ1v) is 9.75. The second-order valence-corrected chi connectivity index (χ2v) is 7.23. The number of hydrogen-bond acceptors (Lipinski definition) is 2. The predicted octanol–water partition coefficient (Wildman–Crippen LogP) is 5.61. The van der Waals surface area contributed by atoms with Crippen LogP contribution in [0.1, 0.15) is 22.5 Å². The molecule has 0 aliphatic rings. The monoisotopic (exact) mass is 384 g/mol. The van der Waals surface area contributed by atoms with Gasteiger partial charge in [-0.15, -0.1) is 0 Å². The van der Waals surface area contributed by atoms with Crippen molar-refractivity contribution in [1.29, 1.82) is 0 Å². The fourth-order valence-corrected chi connectivity index (χ4v) is 3.36. The minimum Gasteiger partial charge on any atom is -0.342 e. The first-order valence-electron chi connectivity index (χ1n) is 9.75. The molecule has 0 radical (unpaired) electrons. The number of nitrogens with zero attached hydrogens (tertiary/aromatic N) is 1. The Labute approximate surface area is 170 Å². The van der Waals surface area contributed by atoms with Crippen molar-refractivity contribution >= 4 is 28.4 Å². The van der Waals surface area contributed by atoms with Crippen molar-refractivity contribution in [2.45, 2.75) is 26.7 Å². The highest BCUT2D eigenvalue weighted by Gasteiger charge is 2.07. The third-order valence-corrected chi connectivity index (χ3v) is 5.13. The Morgan fingerprint density at radius 3 is 2.62 bits per heavy atom. The van der Waals surface area contributed by atoms with E-state index < -0.39 is 0 Å². The number of H-pyrrole nitrogens is 1. The summed E-state index contributed by atoms with van der Waals surface area (Å²) >= 11 is 0. The van der Waals surface area contributed by atoms with E-state index in [0.717, 1.165) is 57.8 Å². The molecule has 5 nitrogen and oxygen atoms in total. The molecule has 1 aromatic heterocycles. The minimum atomic E-state index is -0.242. The fraction of sp³-hybridized carbons (Fsp3) is 0.167. The second kappa shape index (κ2) is 8.19. The normalized spacial score (nSPS) is 10.8. The van der Waals surface area contributed by atoms with Crippen LogP contribution >= 0.6 is 0 Å². The number of carbonyl (C=O) groups is 1. The number of anilines is 2. The summed E-state index contributed by atoms with van der Waals surface area (Å²) in [4.78, 5) is 20.4. The molecule has 0 bridgehead atoms. The molecule has 1 heterocycles. The lowest BCUT2D eigenvalue weighted by Gasteiger charge is -2.12. The minimum absolute atomic E-state index is 0.242. The number of benzene rings is 3. The molecule has 0 saturated carbocycles. The van der Waals surface area contributed by atoms with E-state index in [1.165, 1.54) is 0 Å². The van der Waals surface area contributed by atoms with Crippen LogP contribution in [0.5, 0.6) is 0 Å². The van der Waals surface area contributed by atoms with Crippen LogP contribution < -0.4 is 10.6 Å². The number of aromatic nitrogens is 2. The summed E-state index contributed by atoms with van der Waals surface area (Å²) in [5, 5.41) is 5.85. The SMILES string of the molecule is Cc1cccc(NC(=O)Nc2cccc(CCc3nc4ccccc4[nH]3)c2)c1C. The Bertz CT molecular complexity index is 1130. The van der Waals surface area contributed by atoms with Crippen molar-refractivity contribution in [3.05, 3.63) is 89.2 Å². The van der Waals surface area contributed by atoms with Gasteiger partial charge < -0.3 is 15.6 Å². The smallest absolute Gasteiger partial charge is 0.323 e. The highest BCUT2D eigenvalue weighted by Crippen LogP contribution is 2.19. The summed E-state index contributed by atoms with van der Waals surface area (Å²) in [5.74, 6) is 0.970. The Morgan fingerprint density at radius 2 is 1.76 bits per heavy atom. The number of urea groups is 1. The number of carbonyl (C=O) groups excluding carboxylic acids is 1. The topological polar surface area (TPSA) is 69.8 Å². The van der Waals surface area contributed by atoms with Crippen molar-refractivity contribution in [3.8, 4) is 0 Å². The van der Waals surface area contributed by atoms with Gasteiger partial charge in [0.2, 0.25) is 0 Å². The quantitative estimate of drug-likeness (QED) is 0.419. The van der Waals surface area contributed by atoms with E-state index in [1.54, 1.807) is 0 Å². The van der Waals surface area contributed by atoms with E-state index in [-0.39, 0.29) is 6.03 Å². The zero-order valence-corrected chi connectivity index (χ0v) is 16.6. The maximum Gasteiger partial charge on any atom is 0.323 e. The third-order valence-electron chi connectivity index (χ3n) is 5.13. The maximum atomic E-state index is 12.4. The molecule has 4 aromatic rings. The Hall–Kier alpha value is -3.60. The number of aryl methyl sites for hydroxylation is 3. The van der Waals surface area contributed by atoms with E-state index in [2.05, 4.69) is 26.7 Å². The van der Waals surface area contributed by atoms with Crippen LogP contribution in [-0.4, -0.2) is 16.0 Å². The largest absolute Gasteiger partial charge is 0.342 e. The molecule has 0 fully saturated rings.